The van der Waals surface area contributed by atoms with Crippen LogP contribution in [0.2, 0.25) is 5.02 Å². The van der Waals surface area contributed by atoms with Crippen LogP contribution in [0, 0.1) is 0 Å². The second-order valence-electron chi connectivity index (χ2n) is 6.67. The van der Waals surface area contributed by atoms with Crippen molar-refractivity contribution in [1.82, 2.24) is 20.2 Å². The number of ether oxygens (including phenoxy) is 1. The minimum atomic E-state index is -0.234. The summed E-state index contributed by atoms with van der Waals surface area (Å²) in [7, 11) is 0. The van der Waals surface area contributed by atoms with Crippen molar-refractivity contribution in [2.24, 2.45) is 5.10 Å². The maximum absolute atomic E-state index is 12.3. The highest BCUT2D eigenvalue weighted by molar-refractivity contribution is 7.99. The Hall–Kier alpha value is -3.14. The topological polar surface area (TPSA) is 81.4 Å². The third-order valence-electron chi connectivity index (χ3n) is 4.40. The number of rotatable bonds is 9. The molecule has 0 radical (unpaired) electrons. The van der Waals surface area contributed by atoms with E-state index in [4.69, 9.17) is 16.3 Å². The molecular weight excluding hydrogens is 478 g/mol. The monoisotopic (exact) mass is 497 g/mol. The quantitative estimate of drug-likeness (QED) is 0.193. The van der Waals surface area contributed by atoms with E-state index < -0.39 is 0 Å². The highest BCUT2D eigenvalue weighted by Crippen LogP contribution is 2.29. The number of aromatic nitrogens is 3. The molecule has 1 N–H and O–H groups in total. The van der Waals surface area contributed by atoms with Gasteiger partial charge in [-0.25, -0.2) is 5.43 Å². The van der Waals surface area contributed by atoms with Crippen LogP contribution >= 0.6 is 34.7 Å². The molecule has 2 aromatic carbocycles. The molecule has 2 heterocycles. The number of carbonyl (C=O) groups is 1. The molecule has 168 valence electrons. The lowest BCUT2D eigenvalue weighted by Crippen LogP contribution is -2.19. The smallest absolute Gasteiger partial charge is 0.250 e. The predicted octanol–water partition coefficient (Wildman–Crippen LogP) is 5.29. The molecule has 0 fully saturated rings. The highest BCUT2D eigenvalue weighted by Gasteiger charge is 2.17. The number of nitrogens with one attached hydrogen (secondary N) is 1. The SMILES string of the molecule is CCOc1ccc(-n2c(SCC(=O)NN=Cc3cccs3)nnc2-c2ccc(Cl)cc2)cc1. The van der Waals surface area contributed by atoms with Crippen LogP contribution in [0.1, 0.15) is 11.8 Å². The van der Waals surface area contributed by atoms with E-state index in [1.54, 1.807) is 29.7 Å². The zero-order chi connectivity index (χ0) is 23.0. The number of hydrogen-bond acceptors (Lipinski definition) is 7. The Bertz CT molecular complexity index is 1220. The lowest BCUT2D eigenvalue weighted by molar-refractivity contribution is -0.118. The van der Waals surface area contributed by atoms with Gasteiger partial charge in [-0.2, -0.15) is 5.10 Å². The van der Waals surface area contributed by atoms with Crippen molar-refractivity contribution in [2.75, 3.05) is 12.4 Å². The average Bonchev–Trinajstić information content (AvgIpc) is 3.49. The zero-order valence-electron chi connectivity index (χ0n) is 17.6. The van der Waals surface area contributed by atoms with Crippen LogP contribution in [0.5, 0.6) is 5.75 Å². The minimum absolute atomic E-state index is 0.136. The lowest BCUT2D eigenvalue weighted by atomic mass is 10.2. The van der Waals surface area contributed by atoms with E-state index in [2.05, 4.69) is 20.7 Å². The number of hydrogen-bond donors (Lipinski definition) is 1. The van der Waals surface area contributed by atoms with E-state index in [9.17, 15) is 4.79 Å². The second-order valence-corrected chi connectivity index (χ2v) is 9.03. The van der Waals surface area contributed by atoms with Gasteiger partial charge >= 0.3 is 0 Å². The first-order valence-corrected chi connectivity index (χ1v) is 12.3. The molecule has 0 spiro atoms. The number of thioether (sulfide) groups is 1. The minimum Gasteiger partial charge on any atom is -0.494 e. The Morgan fingerprint density at radius 1 is 1.18 bits per heavy atom. The first-order chi connectivity index (χ1) is 16.1. The summed E-state index contributed by atoms with van der Waals surface area (Å²) in [4.78, 5) is 13.3. The Kier molecular flexibility index (Phi) is 7.77. The maximum Gasteiger partial charge on any atom is 0.250 e. The zero-order valence-corrected chi connectivity index (χ0v) is 20.0. The van der Waals surface area contributed by atoms with Gasteiger partial charge in [-0.15, -0.1) is 21.5 Å². The molecular formula is C23H20ClN5O2S2. The van der Waals surface area contributed by atoms with Gasteiger partial charge in [0.15, 0.2) is 11.0 Å². The molecule has 0 aliphatic rings. The summed E-state index contributed by atoms with van der Waals surface area (Å²) in [5.41, 5.74) is 4.26. The molecule has 2 aromatic heterocycles. The summed E-state index contributed by atoms with van der Waals surface area (Å²) in [6.07, 6.45) is 1.62. The number of carbonyl (C=O) groups excluding carboxylic acids is 1. The van der Waals surface area contributed by atoms with Gasteiger partial charge in [0.25, 0.3) is 5.91 Å². The van der Waals surface area contributed by atoms with Gasteiger partial charge in [0.2, 0.25) is 0 Å². The van der Waals surface area contributed by atoms with Crippen molar-refractivity contribution >= 4 is 46.8 Å². The molecule has 0 unspecified atom stereocenters. The van der Waals surface area contributed by atoms with Crippen LogP contribution in [0.15, 0.2) is 76.3 Å². The number of nitrogens with zero attached hydrogens (tertiary/aromatic N) is 4. The van der Waals surface area contributed by atoms with E-state index in [-0.39, 0.29) is 11.7 Å². The van der Waals surface area contributed by atoms with Crippen molar-refractivity contribution in [3.8, 4) is 22.8 Å². The van der Waals surface area contributed by atoms with Crippen LogP contribution in [0.25, 0.3) is 17.1 Å². The summed E-state index contributed by atoms with van der Waals surface area (Å²) in [6.45, 7) is 2.53. The molecule has 0 saturated carbocycles. The molecule has 7 nitrogen and oxygen atoms in total. The van der Waals surface area contributed by atoms with Crippen molar-refractivity contribution < 1.29 is 9.53 Å². The Morgan fingerprint density at radius 3 is 2.67 bits per heavy atom. The van der Waals surface area contributed by atoms with Gasteiger partial charge < -0.3 is 4.74 Å². The first-order valence-electron chi connectivity index (χ1n) is 10.1. The van der Waals surface area contributed by atoms with E-state index >= 15 is 0 Å². The van der Waals surface area contributed by atoms with Gasteiger partial charge in [-0.05, 0) is 66.9 Å². The van der Waals surface area contributed by atoms with Crippen LogP contribution < -0.4 is 10.2 Å². The lowest BCUT2D eigenvalue weighted by Gasteiger charge is -2.11. The maximum atomic E-state index is 12.3. The van der Waals surface area contributed by atoms with E-state index in [1.165, 1.54) is 11.8 Å². The van der Waals surface area contributed by atoms with Crippen molar-refractivity contribution in [2.45, 2.75) is 12.1 Å². The standard InChI is InChI=1S/C23H20ClN5O2S2/c1-2-31-19-11-9-18(10-12-19)29-22(16-5-7-17(24)8-6-16)27-28-23(29)33-15-21(30)26-25-14-20-4-3-13-32-20/h3-14H,2,15H2,1H3,(H,26,30). The molecule has 0 bridgehead atoms. The summed E-state index contributed by atoms with van der Waals surface area (Å²) in [5, 5.41) is 15.9. The Morgan fingerprint density at radius 2 is 1.97 bits per heavy atom. The van der Waals surface area contributed by atoms with Gasteiger partial charge in [0, 0.05) is 21.2 Å². The second kappa shape index (κ2) is 11.1. The molecule has 0 aliphatic carbocycles. The van der Waals surface area contributed by atoms with E-state index in [0.717, 1.165) is 21.9 Å². The summed E-state index contributed by atoms with van der Waals surface area (Å²) >= 11 is 8.88. The largest absolute Gasteiger partial charge is 0.494 e. The number of halogens is 1. The summed E-state index contributed by atoms with van der Waals surface area (Å²) in [6, 6.07) is 18.9. The fraction of sp³-hybridized carbons (Fsp3) is 0.130. The Labute approximate surface area is 204 Å². The molecule has 4 aromatic rings. The van der Waals surface area contributed by atoms with Crippen molar-refractivity contribution in [3.63, 3.8) is 0 Å². The van der Waals surface area contributed by atoms with Crippen molar-refractivity contribution in [1.29, 1.82) is 0 Å². The van der Waals surface area contributed by atoms with Crippen molar-refractivity contribution in [3.05, 3.63) is 75.9 Å². The number of thiophene rings is 1. The van der Waals surface area contributed by atoms with Gasteiger partial charge in [-0.1, -0.05) is 29.4 Å². The van der Waals surface area contributed by atoms with Gasteiger partial charge in [-0.3, -0.25) is 9.36 Å². The number of hydrazone groups is 1. The van der Waals surface area contributed by atoms with Crippen LogP contribution in [0.3, 0.4) is 0 Å². The molecule has 0 aliphatic heterocycles. The van der Waals surface area contributed by atoms with Crippen LogP contribution in [-0.2, 0) is 4.79 Å². The molecule has 1 amide bonds. The first kappa shape index (κ1) is 23.0. The van der Waals surface area contributed by atoms with Gasteiger partial charge in [0.05, 0.1) is 18.6 Å². The Balaban J connectivity index is 1.55. The van der Waals surface area contributed by atoms with E-state index in [0.29, 0.717) is 22.6 Å². The van der Waals surface area contributed by atoms with Crippen LogP contribution in [0.4, 0.5) is 0 Å². The third kappa shape index (κ3) is 6.01. The molecule has 0 atom stereocenters. The highest BCUT2D eigenvalue weighted by atomic mass is 35.5. The molecule has 10 heteroatoms. The fourth-order valence-corrected chi connectivity index (χ4v) is 4.39. The molecule has 33 heavy (non-hydrogen) atoms. The van der Waals surface area contributed by atoms with E-state index in [1.807, 2.05) is 65.4 Å². The summed E-state index contributed by atoms with van der Waals surface area (Å²) in [5.74, 6) is 1.33. The predicted molar refractivity (Wildman–Crippen MR) is 134 cm³/mol. The fourth-order valence-electron chi connectivity index (χ4n) is 2.94. The summed E-state index contributed by atoms with van der Waals surface area (Å²) < 4.78 is 7.46. The third-order valence-corrected chi connectivity index (χ3v) is 6.39. The molecule has 0 saturated heterocycles. The normalized spacial score (nSPS) is 11.1. The van der Waals surface area contributed by atoms with Gasteiger partial charge in [0.1, 0.15) is 5.75 Å². The molecule has 4 rings (SSSR count). The number of benzene rings is 2. The average molecular weight is 498 g/mol. The number of amides is 1. The van der Waals surface area contributed by atoms with Crippen LogP contribution in [-0.4, -0.2) is 39.2 Å².